The Morgan fingerprint density at radius 1 is 1.03 bits per heavy atom. The van der Waals surface area contributed by atoms with E-state index in [0.29, 0.717) is 18.7 Å². The molecule has 0 fully saturated rings. The van der Waals surface area contributed by atoms with Crippen LogP contribution in [0.4, 0.5) is 4.39 Å². The molecular formula is C26H25FN2O2. The number of nitrogens with one attached hydrogen (secondary N) is 1. The SMILES string of the molecule is COc1ccccc1CNC(=O)c1ccc2c(c1)c(C)c(C)n2Cc1cccc(F)c1. The van der Waals surface area contributed by atoms with Gasteiger partial charge < -0.3 is 14.6 Å². The second-order valence-corrected chi connectivity index (χ2v) is 7.65. The number of halogens is 1. The maximum Gasteiger partial charge on any atom is 0.251 e. The zero-order chi connectivity index (χ0) is 22.0. The maximum absolute atomic E-state index is 13.6. The second kappa shape index (κ2) is 8.64. The summed E-state index contributed by atoms with van der Waals surface area (Å²) < 4.78 is 21.1. The summed E-state index contributed by atoms with van der Waals surface area (Å²) in [5, 5.41) is 4.00. The van der Waals surface area contributed by atoms with Crippen LogP contribution in [0.2, 0.25) is 0 Å². The number of amides is 1. The van der Waals surface area contributed by atoms with Crippen LogP contribution in [0.1, 0.15) is 32.7 Å². The first-order valence-corrected chi connectivity index (χ1v) is 10.2. The molecule has 0 radical (unpaired) electrons. The maximum atomic E-state index is 13.6. The molecule has 31 heavy (non-hydrogen) atoms. The van der Waals surface area contributed by atoms with E-state index in [1.165, 1.54) is 6.07 Å². The monoisotopic (exact) mass is 416 g/mol. The number of methoxy groups -OCH3 is 1. The Labute approximate surface area is 181 Å². The molecule has 5 heteroatoms. The summed E-state index contributed by atoms with van der Waals surface area (Å²) in [7, 11) is 1.62. The Hall–Kier alpha value is -3.60. The number of nitrogens with zero attached hydrogens (tertiary/aromatic N) is 1. The number of aromatic nitrogens is 1. The van der Waals surface area contributed by atoms with Gasteiger partial charge in [-0.3, -0.25) is 4.79 Å². The molecule has 0 saturated carbocycles. The standard InChI is InChI=1S/C26H25FN2O2/c1-17-18(2)29(16-19-7-6-9-22(27)13-19)24-12-11-20(14-23(17)24)26(30)28-15-21-8-4-5-10-25(21)31-3/h4-14H,15-16H2,1-3H3,(H,28,30). The summed E-state index contributed by atoms with van der Waals surface area (Å²) in [4.78, 5) is 12.8. The normalized spacial score (nSPS) is 11.0. The van der Waals surface area contributed by atoms with E-state index < -0.39 is 0 Å². The molecule has 0 saturated heterocycles. The molecule has 0 bridgehead atoms. The number of para-hydroxylation sites is 1. The van der Waals surface area contributed by atoms with Crippen LogP contribution in [0.15, 0.2) is 66.7 Å². The van der Waals surface area contributed by atoms with Crippen molar-refractivity contribution in [2.75, 3.05) is 7.11 Å². The number of ether oxygens (including phenoxy) is 1. The predicted molar refractivity (Wildman–Crippen MR) is 121 cm³/mol. The molecule has 0 unspecified atom stereocenters. The molecule has 0 aliphatic carbocycles. The molecule has 1 N–H and O–H groups in total. The number of carbonyl (C=O) groups is 1. The number of fused-ring (bicyclic) bond motifs is 1. The highest BCUT2D eigenvalue weighted by Crippen LogP contribution is 2.27. The van der Waals surface area contributed by atoms with Gasteiger partial charge in [0.2, 0.25) is 0 Å². The summed E-state index contributed by atoms with van der Waals surface area (Å²) in [5.41, 5.74) is 5.68. The summed E-state index contributed by atoms with van der Waals surface area (Å²) in [6.07, 6.45) is 0. The van der Waals surface area contributed by atoms with Gasteiger partial charge in [-0.15, -0.1) is 0 Å². The first-order chi connectivity index (χ1) is 15.0. The van der Waals surface area contributed by atoms with Gasteiger partial charge in [0.25, 0.3) is 5.91 Å². The molecule has 0 atom stereocenters. The number of hydrogen-bond acceptors (Lipinski definition) is 2. The van der Waals surface area contributed by atoms with Crippen LogP contribution in [0.25, 0.3) is 10.9 Å². The Kier molecular flexibility index (Phi) is 5.76. The Morgan fingerprint density at radius 3 is 2.61 bits per heavy atom. The summed E-state index contributed by atoms with van der Waals surface area (Å²) >= 11 is 0. The van der Waals surface area contributed by atoms with Crippen molar-refractivity contribution >= 4 is 16.8 Å². The third kappa shape index (κ3) is 4.17. The van der Waals surface area contributed by atoms with Gasteiger partial charge in [0.15, 0.2) is 0 Å². The van der Waals surface area contributed by atoms with Crippen LogP contribution < -0.4 is 10.1 Å². The molecule has 0 spiro atoms. The molecule has 1 aromatic heterocycles. The molecule has 1 amide bonds. The van der Waals surface area contributed by atoms with Gasteiger partial charge in [-0.1, -0.05) is 30.3 Å². The highest BCUT2D eigenvalue weighted by molar-refractivity contribution is 5.99. The first kappa shape index (κ1) is 20.7. The minimum absolute atomic E-state index is 0.136. The van der Waals surface area contributed by atoms with Gasteiger partial charge >= 0.3 is 0 Å². The van der Waals surface area contributed by atoms with Crippen molar-refractivity contribution in [3.63, 3.8) is 0 Å². The number of carbonyl (C=O) groups excluding carboxylic acids is 1. The zero-order valence-electron chi connectivity index (χ0n) is 17.9. The molecule has 1 heterocycles. The smallest absolute Gasteiger partial charge is 0.251 e. The fraction of sp³-hybridized carbons (Fsp3) is 0.192. The predicted octanol–water partition coefficient (Wildman–Crippen LogP) is 5.38. The molecule has 158 valence electrons. The van der Waals surface area contributed by atoms with E-state index in [1.54, 1.807) is 19.2 Å². The van der Waals surface area contributed by atoms with E-state index in [4.69, 9.17) is 4.74 Å². The number of aryl methyl sites for hydroxylation is 1. The molecular weight excluding hydrogens is 391 g/mol. The van der Waals surface area contributed by atoms with Gasteiger partial charge in [0.1, 0.15) is 11.6 Å². The lowest BCUT2D eigenvalue weighted by atomic mass is 10.1. The van der Waals surface area contributed by atoms with Crippen LogP contribution in [-0.4, -0.2) is 17.6 Å². The lowest BCUT2D eigenvalue weighted by molar-refractivity contribution is 0.0951. The van der Waals surface area contributed by atoms with Crippen LogP contribution in [-0.2, 0) is 13.1 Å². The summed E-state index contributed by atoms with van der Waals surface area (Å²) in [5.74, 6) is 0.374. The first-order valence-electron chi connectivity index (χ1n) is 10.2. The van der Waals surface area contributed by atoms with Gasteiger partial charge in [0.05, 0.1) is 7.11 Å². The lowest BCUT2D eigenvalue weighted by Gasteiger charge is -2.11. The van der Waals surface area contributed by atoms with Crippen LogP contribution in [0, 0.1) is 19.7 Å². The van der Waals surface area contributed by atoms with Gasteiger partial charge in [-0.2, -0.15) is 0 Å². The van der Waals surface area contributed by atoms with E-state index in [1.807, 2.05) is 48.5 Å². The highest BCUT2D eigenvalue weighted by atomic mass is 19.1. The second-order valence-electron chi connectivity index (χ2n) is 7.65. The average molecular weight is 416 g/mol. The van der Waals surface area contributed by atoms with E-state index in [9.17, 15) is 9.18 Å². The third-order valence-electron chi connectivity index (χ3n) is 5.76. The number of rotatable bonds is 6. The van der Waals surface area contributed by atoms with Crippen molar-refractivity contribution in [3.05, 3.63) is 100 Å². The zero-order valence-corrected chi connectivity index (χ0v) is 17.9. The van der Waals surface area contributed by atoms with Crippen LogP contribution in [0.5, 0.6) is 5.75 Å². The number of hydrogen-bond donors (Lipinski definition) is 1. The van der Waals surface area contributed by atoms with Crippen LogP contribution >= 0.6 is 0 Å². The van der Waals surface area contributed by atoms with Gasteiger partial charge in [0, 0.05) is 40.8 Å². The lowest BCUT2D eigenvalue weighted by Crippen LogP contribution is -2.23. The topological polar surface area (TPSA) is 43.3 Å². The van der Waals surface area contributed by atoms with Crippen molar-refractivity contribution in [3.8, 4) is 5.75 Å². The third-order valence-corrected chi connectivity index (χ3v) is 5.76. The van der Waals surface area contributed by atoms with E-state index in [-0.39, 0.29) is 11.7 Å². The van der Waals surface area contributed by atoms with E-state index in [0.717, 1.165) is 39.0 Å². The largest absolute Gasteiger partial charge is 0.496 e. The fourth-order valence-electron chi connectivity index (χ4n) is 3.94. The number of benzene rings is 3. The Morgan fingerprint density at radius 2 is 1.84 bits per heavy atom. The van der Waals surface area contributed by atoms with Crippen molar-refractivity contribution in [2.45, 2.75) is 26.9 Å². The Bertz CT molecular complexity index is 1260. The minimum Gasteiger partial charge on any atom is -0.496 e. The van der Waals surface area contributed by atoms with Crippen LogP contribution in [0.3, 0.4) is 0 Å². The van der Waals surface area contributed by atoms with Crippen molar-refractivity contribution in [1.29, 1.82) is 0 Å². The quantitative estimate of drug-likeness (QED) is 0.458. The fourth-order valence-corrected chi connectivity index (χ4v) is 3.94. The van der Waals surface area contributed by atoms with Gasteiger partial charge in [-0.05, 0) is 61.4 Å². The van der Waals surface area contributed by atoms with Crippen molar-refractivity contribution in [1.82, 2.24) is 9.88 Å². The molecule has 4 nitrogen and oxygen atoms in total. The summed E-state index contributed by atoms with van der Waals surface area (Å²) in [6, 6.07) is 20.0. The molecule has 4 rings (SSSR count). The molecule has 4 aromatic rings. The minimum atomic E-state index is -0.239. The van der Waals surface area contributed by atoms with Crippen molar-refractivity contribution < 1.29 is 13.9 Å². The average Bonchev–Trinajstić information content (AvgIpc) is 3.02. The Balaban J connectivity index is 1.59. The van der Waals surface area contributed by atoms with Crippen molar-refractivity contribution in [2.24, 2.45) is 0 Å². The molecule has 0 aliphatic heterocycles. The van der Waals surface area contributed by atoms with E-state index in [2.05, 4.69) is 23.7 Å². The van der Waals surface area contributed by atoms with Gasteiger partial charge in [-0.25, -0.2) is 4.39 Å². The molecule has 3 aromatic carbocycles. The molecule has 0 aliphatic rings. The summed E-state index contributed by atoms with van der Waals surface area (Å²) in [6.45, 7) is 5.07. The highest BCUT2D eigenvalue weighted by Gasteiger charge is 2.15. The van der Waals surface area contributed by atoms with E-state index >= 15 is 0 Å².